The monoisotopic (exact) mass is 270 g/mol. The van der Waals surface area contributed by atoms with E-state index >= 15 is 0 Å². The number of benzene rings is 1. The average Bonchev–Trinajstić information content (AvgIpc) is 2.35. The third-order valence-electron chi connectivity index (χ3n) is 2.87. The minimum atomic E-state index is -0.542. The molecule has 6 heteroatoms. The van der Waals surface area contributed by atoms with Crippen LogP contribution in [-0.2, 0) is 0 Å². The van der Waals surface area contributed by atoms with Crippen LogP contribution in [0.5, 0.6) is 0 Å². The summed E-state index contributed by atoms with van der Waals surface area (Å²) in [7, 11) is 1.59. The number of carbonyl (C=O) groups excluding carboxylic acids is 1. The quantitative estimate of drug-likeness (QED) is 0.480. The van der Waals surface area contributed by atoms with Crippen molar-refractivity contribution in [3.8, 4) is 0 Å². The van der Waals surface area contributed by atoms with E-state index in [0.29, 0.717) is 5.56 Å². The largest absolute Gasteiger partial charge is 0.338 e. The standard InChI is InChI=1S/C12H15ClN2O3/c1-8-5-4-6-10(15(17)18)11(8)12(16)14(3)9(2)7-13/h4-6,9H,7H2,1-3H3. The van der Waals surface area contributed by atoms with Gasteiger partial charge in [-0.25, -0.2) is 0 Å². The van der Waals surface area contributed by atoms with Crippen molar-refractivity contribution in [2.24, 2.45) is 0 Å². The molecule has 98 valence electrons. The number of hydrogen-bond donors (Lipinski definition) is 0. The molecule has 5 nitrogen and oxygen atoms in total. The van der Waals surface area contributed by atoms with Crippen LogP contribution >= 0.6 is 11.6 Å². The third-order valence-corrected chi connectivity index (χ3v) is 3.31. The molecule has 1 atom stereocenters. The summed E-state index contributed by atoms with van der Waals surface area (Å²) in [5, 5.41) is 10.9. The highest BCUT2D eigenvalue weighted by atomic mass is 35.5. The van der Waals surface area contributed by atoms with E-state index in [1.807, 2.05) is 0 Å². The Balaban J connectivity index is 3.24. The number of nitrogens with zero attached hydrogens (tertiary/aromatic N) is 2. The maximum absolute atomic E-state index is 12.3. The van der Waals surface area contributed by atoms with Gasteiger partial charge in [-0.3, -0.25) is 14.9 Å². The Labute approximate surface area is 110 Å². The number of nitro benzene ring substituents is 1. The van der Waals surface area contributed by atoms with Gasteiger partial charge < -0.3 is 4.90 Å². The van der Waals surface area contributed by atoms with Crippen LogP contribution in [0.3, 0.4) is 0 Å². The molecular weight excluding hydrogens is 256 g/mol. The topological polar surface area (TPSA) is 63.5 Å². The molecule has 0 radical (unpaired) electrons. The summed E-state index contributed by atoms with van der Waals surface area (Å²) in [5.74, 6) is -0.102. The summed E-state index contributed by atoms with van der Waals surface area (Å²) < 4.78 is 0. The fourth-order valence-corrected chi connectivity index (χ4v) is 1.77. The number of halogens is 1. The van der Waals surface area contributed by atoms with E-state index < -0.39 is 4.92 Å². The lowest BCUT2D eigenvalue weighted by atomic mass is 10.0. The number of hydrogen-bond acceptors (Lipinski definition) is 3. The summed E-state index contributed by atoms with van der Waals surface area (Å²) in [6, 6.07) is 4.40. The van der Waals surface area contributed by atoms with Crippen LogP contribution in [-0.4, -0.2) is 34.7 Å². The van der Waals surface area contributed by atoms with E-state index in [4.69, 9.17) is 11.6 Å². The zero-order valence-electron chi connectivity index (χ0n) is 10.5. The van der Waals surface area contributed by atoms with E-state index in [9.17, 15) is 14.9 Å². The van der Waals surface area contributed by atoms with Gasteiger partial charge in [-0.05, 0) is 19.4 Å². The fourth-order valence-electron chi connectivity index (χ4n) is 1.56. The van der Waals surface area contributed by atoms with E-state index in [1.165, 1.54) is 11.0 Å². The van der Waals surface area contributed by atoms with Gasteiger partial charge in [-0.2, -0.15) is 0 Å². The second-order valence-electron chi connectivity index (χ2n) is 4.15. The maximum Gasteiger partial charge on any atom is 0.282 e. The van der Waals surface area contributed by atoms with Crippen molar-refractivity contribution >= 4 is 23.2 Å². The molecule has 0 bridgehead atoms. The Bertz CT molecular complexity index is 476. The predicted octanol–water partition coefficient (Wildman–Crippen LogP) is 2.60. The van der Waals surface area contributed by atoms with Crippen LogP contribution < -0.4 is 0 Å². The molecule has 0 aliphatic carbocycles. The Kier molecular flexibility index (Phi) is 4.67. The van der Waals surface area contributed by atoms with Gasteiger partial charge in [-0.15, -0.1) is 11.6 Å². The minimum absolute atomic E-state index is 0.127. The average molecular weight is 271 g/mol. The Morgan fingerprint density at radius 3 is 2.67 bits per heavy atom. The van der Waals surface area contributed by atoms with Crippen LogP contribution in [0.4, 0.5) is 5.69 Å². The molecule has 0 N–H and O–H groups in total. The fraction of sp³-hybridized carbons (Fsp3) is 0.417. The summed E-state index contributed by atoms with van der Waals surface area (Å²) in [5.41, 5.74) is 0.540. The van der Waals surface area contributed by atoms with Crippen molar-refractivity contribution in [2.75, 3.05) is 12.9 Å². The van der Waals surface area contributed by atoms with Crippen LogP contribution in [0.2, 0.25) is 0 Å². The van der Waals surface area contributed by atoms with E-state index in [1.54, 1.807) is 33.0 Å². The number of nitro groups is 1. The Hall–Kier alpha value is -1.62. The molecule has 1 amide bonds. The molecule has 0 fully saturated rings. The Morgan fingerprint density at radius 2 is 2.17 bits per heavy atom. The maximum atomic E-state index is 12.3. The highest BCUT2D eigenvalue weighted by molar-refractivity contribution is 6.18. The lowest BCUT2D eigenvalue weighted by molar-refractivity contribution is -0.385. The molecule has 0 aromatic heterocycles. The van der Waals surface area contributed by atoms with Gasteiger partial charge in [0, 0.05) is 25.0 Å². The molecule has 1 rings (SSSR count). The van der Waals surface area contributed by atoms with Gasteiger partial charge >= 0.3 is 0 Å². The molecule has 1 unspecified atom stereocenters. The van der Waals surface area contributed by atoms with Crippen molar-refractivity contribution in [3.63, 3.8) is 0 Å². The number of amides is 1. The summed E-state index contributed by atoms with van der Waals surface area (Å²) in [4.78, 5) is 24.1. The molecule has 18 heavy (non-hydrogen) atoms. The second-order valence-corrected chi connectivity index (χ2v) is 4.45. The van der Waals surface area contributed by atoms with Crippen molar-refractivity contribution in [2.45, 2.75) is 19.9 Å². The normalized spacial score (nSPS) is 12.0. The first-order valence-electron chi connectivity index (χ1n) is 5.47. The first-order chi connectivity index (χ1) is 8.40. The SMILES string of the molecule is Cc1cccc([N+](=O)[O-])c1C(=O)N(C)C(C)CCl. The molecule has 0 saturated heterocycles. The van der Waals surface area contributed by atoms with E-state index in [-0.39, 0.29) is 29.1 Å². The number of aryl methyl sites for hydroxylation is 1. The van der Waals surface area contributed by atoms with Gasteiger partial charge in [0.1, 0.15) is 5.56 Å². The first kappa shape index (κ1) is 14.4. The van der Waals surface area contributed by atoms with Gasteiger partial charge in [0.25, 0.3) is 11.6 Å². The number of alkyl halides is 1. The van der Waals surface area contributed by atoms with Crippen molar-refractivity contribution in [1.82, 2.24) is 4.90 Å². The van der Waals surface area contributed by atoms with E-state index in [2.05, 4.69) is 0 Å². The van der Waals surface area contributed by atoms with Crippen molar-refractivity contribution < 1.29 is 9.72 Å². The molecule has 0 spiro atoms. The smallest absolute Gasteiger partial charge is 0.282 e. The van der Waals surface area contributed by atoms with Crippen molar-refractivity contribution in [3.05, 3.63) is 39.4 Å². The molecule has 1 aromatic rings. The Morgan fingerprint density at radius 1 is 1.56 bits per heavy atom. The summed E-state index contributed by atoms with van der Waals surface area (Å²) in [6.45, 7) is 3.47. The minimum Gasteiger partial charge on any atom is -0.338 e. The van der Waals surface area contributed by atoms with Crippen LogP contribution in [0.25, 0.3) is 0 Å². The number of carbonyl (C=O) groups is 1. The number of rotatable bonds is 4. The van der Waals surface area contributed by atoms with Gasteiger partial charge in [0.05, 0.1) is 4.92 Å². The zero-order chi connectivity index (χ0) is 13.9. The molecule has 0 heterocycles. The highest BCUT2D eigenvalue weighted by Crippen LogP contribution is 2.23. The predicted molar refractivity (Wildman–Crippen MR) is 70.1 cm³/mol. The second kappa shape index (κ2) is 5.82. The summed E-state index contributed by atoms with van der Waals surface area (Å²) >= 11 is 5.69. The summed E-state index contributed by atoms with van der Waals surface area (Å²) in [6.07, 6.45) is 0. The molecule has 0 aliphatic rings. The van der Waals surface area contributed by atoms with Crippen molar-refractivity contribution in [1.29, 1.82) is 0 Å². The van der Waals surface area contributed by atoms with Crippen LogP contribution in [0, 0.1) is 17.0 Å². The van der Waals surface area contributed by atoms with E-state index in [0.717, 1.165) is 0 Å². The third kappa shape index (κ3) is 2.79. The van der Waals surface area contributed by atoms with Crippen LogP contribution in [0.1, 0.15) is 22.8 Å². The molecule has 0 aliphatic heterocycles. The van der Waals surface area contributed by atoms with Gasteiger partial charge in [-0.1, -0.05) is 12.1 Å². The first-order valence-corrected chi connectivity index (χ1v) is 6.00. The zero-order valence-corrected chi connectivity index (χ0v) is 11.3. The molecule has 1 aromatic carbocycles. The van der Waals surface area contributed by atoms with Crippen LogP contribution in [0.15, 0.2) is 18.2 Å². The van der Waals surface area contributed by atoms with Gasteiger partial charge in [0.2, 0.25) is 0 Å². The lowest BCUT2D eigenvalue weighted by Gasteiger charge is -2.23. The molecular formula is C12H15ClN2O3. The van der Waals surface area contributed by atoms with Gasteiger partial charge in [0.15, 0.2) is 0 Å². The highest BCUT2D eigenvalue weighted by Gasteiger charge is 2.26. The molecule has 0 saturated carbocycles. The lowest BCUT2D eigenvalue weighted by Crippen LogP contribution is -2.36.